The molecule has 0 unspecified atom stereocenters. The van der Waals surface area contributed by atoms with E-state index < -0.39 is 10.8 Å². The first-order valence-electron chi connectivity index (χ1n) is 10.2. The van der Waals surface area contributed by atoms with Crippen LogP contribution in [-0.2, 0) is 6.73 Å². The summed E-state index contributed by atoms with van der Waals surface area (Å²) in [5, 5.41) is 18.8. The standard InChI is InChI=1S/C24H18BrClN4O5/c1-15-4-2-3-5-22(15)35-19-12-17(11-18(13-19)30(32)33)27-24(31)21-8-9-29(28-21)14-34-23-7-6-16(26)10-20(23)25/h2-13H,14H2,1H3,(H,27,31). The maximum atomic E-state index is 12.7. The first kappa shape index (κ1) is 24.2. The number of ether oxygens (including phenoxy) is 2. The number of carbonyl (C=O) groups excluding carboxylic acids is 1. The number of non-ortho nitro benzene ring substituents is 1. The number of aryl methyl sites for hydroxylation is 1. The second kappa shape index (κ2) is 10.6. The summed E-state index contributed by atoms with van der Waals surface area (Å²) in [4.78, 5) is 23.6. The number of aromatic nitrogens is 2. The van der Waals surface area contributed by atoms with Gasteiger partial charge in [-0.2, -0.15) is 5.10 Å². The van der Waals surface area contributed by atoms with Crippen LogP contribution < -0.4 is 14.8 Å². The molecule has 0 radical (unpaired) electrons. The van der Waals surface area contributed by atoms with Crippen molar-refractivity contribution in [2.75, 3.05) is 5.32 Å². The van der Waals surface area contributed by atoms with Gasteiger partial charge in [0.25, 0.3) is 11.6 Å². The number of rotatable bonds is 8. The van der Waals surface area contributed by atoms with Gasteiger partial charge >= 0.3 is 0 Å². The second-order valence-corrected chi connectivity index (χ2v) is 8.67. The molecule has 0 saturated heterocycles. The molecule has 1 heterocycles. The van der Waals surface area contributed by atoms with Gasteiger partial charge in [-0.05, 0) is 58.7 Å². The molecule has 0 fully saturated rings. The van der Waals surface area contributed by atoms with Crippen LogP contribution in [-0.4, -0.2) is 20.6 Å². The number of nitrogens with one attached hydrogen (secondary N) is 1. The fraction of sp³-hybridized carbons (Fsp3) is 0.0833. The summed E-state index contributed by atoms with van der Waals surface area (Å²) >= 11 is 9.30. The zero-order chi connectivity index (χ0) is 24.9. The fourth-order valence-corrected chi connectivity index (χ4v) is 3.89. The zero-order valence-corrected chi connectivity index (χ0v) is 20.6. The zero-order valence-electron chi connectivity index (χ0n) is 18.3. The number of benzene rings is 3. The molecule has 11 heteroatoms. The predicted molar refractivity (Wildman–Crippen MR) is 134 cm³/mol. The molecular formula is C24H18BrClN4O5. The average molecular weight is 558 g/mol. The first-order valence-corrected chi connectivity index (χ1v) is 11.4. The largest absolute Gasteiger partial charge is 0.470 e. The molecular weight excluding hydrogens is 540 g/mol. The number of hydrogen-bond acceptors (Lipinski definition) is 6. The molecule has 0 spiro atoms. The Hall–Kier alpha value is -3.89. The number of amides is 1. The van der Waals surface area contributed by atoms with Gasteiger partial charge < -0.3 is 14.8 Å². The molecule has 1 aromatic heterocycles. The highest BCUT2D eigenvalue weighted by Gasteiger charge is 2.16. The molecule has 9 nitrogen and oxygen atoms in total. The van der Waals surface area contributed by atoms with Crippen molar-refractivity contribution >= 4 is 44.8 Å². The Kier molecular flexibility index (Phi) is 7.33. The third-order valence-corrected chi connectivity index (χ3v) is 5.66. The molecule has 3 aromatic carbocycles. The van der Waals surface area contributed by atoms with Crippen LogP contribution in [0.15, 0.2) is 77.4 Å². The molecule has 178 valence electrons. The highest BCUT2D eigenvalue weighted by molar-refractivity contribution is 9.10. The van der Waals surface area contributed by atoms with Gasteiger partial charge in [-0.25, -0.2) is 4.68 Å². The third-order valence-electron chi connectivity index (χ3n) is 4.80. The van der Waals surface area contributed by atoms with Crippen LogP contribution in [0.1, 0.15) is 16.1 Å². The van der Waals surface area contributed by atoms with E-state index >= 15 is 0 Å². The van der Waals surface area contributed by atoms with E-state index in [1.807, 2.05) is 19.1 Å². The minimum atomic E-state index is -0.554. The summed E-state index contributed by atoms with van der Waals surface area (Å²) in [6.07, 6.45) is 1.58. The lowest BCUT2D eigenvalue weighted by Crippen LogP contribution is -2.14. The van der Waals surface area contributed by atoms with Crippen molar-refractivity contribution in [1.82, 2.24) is 9.78 Å². The van der Waals surface area contributed by atoms with Gasteiger partial charge in [-0.15, -0.1) is 0 Å². The maximum absolute atomic E-state index is 12.7. The SMILES string of the molecule is Cc1ccccc1Oc1cc(NC(=O)c2ccn(COc3ccc(Cl)cc3Br)n2)cc([N+](=O)[O-])c1. The molecule has 1 amide bonds. The molecule has 4 rings (SSSR count). The van der Waals surface area contributed by atoms with Crippen LogP contribution in [0.2, 0.25) is 5.02 Å². The van der Waals surface area contributed by atoms with E-state index in [1.54, 1.807) is 36.5 Å². The van der Waals surface area contributed by atoms with Crippen LogP contribution in [0, 0.1) is 17.0 Å². The van der Waals surface area contributed by atoms with Crippen LogP contribution in [0.3, 0.4) is 0 Å². The molecule has 4 aromatic rings. The molecule has 35 heavy (non-hydrogen) atoms. The van der Waals surface area contributed by atoms with Crippen molar-refractivity contribution in [1.29, 1.82) is 0 Å². The molecule has 0 aliphatic carbocycles. The monoisotopic (exact) mass is 556 g/mol. The lowest BCUT2D eigenvalue weighted by molar-refractivity contribution is -0.384. The smallest absolute Gasteiger partial charge is 0.276 e. The molecule has 0 bridgehead atoms. The summed E-state index contributed by atoms with van der Waals surface area (Å²) in [5.74, 6) is 0.792. The van der Waals surface area contributed by atoms with Crippen LogP contribution in [0.25, 0.3) is 0 Å². The van der Waals surface area contributed by atoms with E-state index in [-0.39, 0.29) is 29.5 Å². The molecule has 0 atom stereocenters. The van der Waals surface area contributed by atoms with E-state index in [4.69, 9.17) is 21.1 Å². The summed E-state index contributed by atoms with van der Waals surface area (Å²) in [7, 11) is 0. The Morgan fingerprint density at radius 2 is 1.94 bits per heavy atom. The van der Waals surface area contributed by atoms with E-state index in [1.165, 1.54) is 28.9 Å². The Morgan fingerprint density at radius 1 is 1.14 bits per heavy atom. The van der Waals surface area contributed by atoms with Crippen molar-refractivity contribution in [2.24, 2.45) is 0 Å². The minimum Gasteiger partial charge on any atom is -0.470 e. The maximum Gasteiger partial charge on any atom is 0.276 e. The van der Waals surface area contributed by atoms with Crippen molar-refractivity contribution in [3.05, 3.63) is 104 Å². The first-order chi connectivity index (χ1) is 16.8. The van der Waals surface area contributed by atoms with E-state index in [9.17, 15) is 14.9 Å². The second-order valence-electron chi connectivity index (χ2n) is 7.38. The molecule has 0 saturated carbocycles. The van der Waals surface area contributed by atoms with Crippen LogP contribution >= 0.6 is 27.5 Å². The fourth-order valence-electron chi connectivity index (χ4n) is 3.10. The van der Waals surface area contributed by atoms with Gasteiger partial charge in [-0.1, -0.05) is 29.8 Å². The van der Waals surface area contributed by atoms with Gasteiger partial charge in [0.15, 0.2) is 12.4 Å². The number of nitro benzene ring substituents is 1. The topological polar surface area (TPSA) is 109 Å². The third kappa shape index (κ3) is 6.17. The van der Waals surface area contributed by atoms with Gasteiger partial charge in [0.05, 0.1) is 21.1 Å². The van der Waals surface area contributed by atoms with Crippen molar-refractivity contribution in [2.45, 2.75) is 13.7 Å². The molecule has 0 aliphatic rings. The Bertz CT molecular complexity index is 1410. The van der Waals surface area contributed by atoms with E-state index in [2.05, 4.69) is 26.3 Å². The summed E-state index contributed by atoms with van der Waals surface area (Å²) in [5.41, 5.74) is 0.946. The average Bonchev–Trinajstić information content (AvgIpc) is 3.29. The number of nitrogens with zero attached hydrogens (tertiary/aromatic N) is 3. The Morgan fingerprint density at radius 3 is 2.69 bits per heavy atom. The van der Waals surface area contributed by atoms with Gasteiger partial charge in [0.1, 0.15) is 17.2 Å². The highest BCUT2D eigenvalue weighted by Crippen LogP contribution is 2.31. The normalized spacial score (nSPS) is 10.6. The number of para-hydroxylation sites is 1. The lowest BCUT2D eigenvalue weighted by Gasteiger charge is -2.10. The lowest BCUT2D eigenvalue weighted by atomic mass is 10.2. The number of carbonyl (C=O) groups is 1. The number of anilines is 1. The number of hydrogen-bond donors (Lipinski definition) is 1. The van der Waals surface area contributed by atoms with Gasteiger partial charge in [0.2, 0.25) is 0 Å². The van der Waals surface area contributed by atoms with Crippen LogP contribution in [0.5, 0.6) is 17.2 Å². The van der Waals surface area contributed by atoms with Crippen molar-refractivity contribution in [3.63, 3.8) is 0 Å². The Labute approximate surface area is 213 Å². The quantitative estimate of drug-likeness (QED) is 0.193. The van der Waals surface area contributed by atoms with Crippen molar-refractivity contribution < 1.29 is 19.2 Å². The van der Waals surface area contributed by atoms with Crippen molar-refractivity contribution in [3.8, 4) is 17.2 Å². The molecule has 0 aliphatic heterocycles. The van der Waals surface area contributed by atoms with Gasteiger partial charge in [-0.3, -0.25) is 14.9 Å². The summed E-state index contributed by atoms with van der Waals surface area (Å²) in [6.45, 7) is 1.92. The summed E-state index contributed by atoms with van der Waals surface area (Å²) < 4.78 is 13.6. The van der Waals surface area contributed by atoms with Crippen LogP contribution in [0.4, 0.5) is 11.4 Å². The predicted octanol–water partition coefficient (Wildman–Crippen LogP) is 6.60. The number of halogens is 2. The minimum absolute atomic E-state index is 0.0543. The highest BCUT2D eigenvalue weighted by atomic mass is 79.9. The van der Waals surface area contributed by atoms with E-state index in [0.29, 0.717) is 21.0 Å². The summed E-state index contributed by atoms with van der Waals surface area (Å²) in [6, 6.07) is 18.0. The van der Waals surface area contributed by atoms with Gasteiger partial charge in [0, 0.05) is 23.4 Å². The number of nitro groups is 1. The Balaban J connectivity index is 1.47. The molecule has 1 N–H and O–H groups in total. The van der Waals surface area contributed by atoms with E-state index in [0.717, 1.165) is 5.56 Å².